The minimum absolute atomic E-state index is 0.00160. The van der Waals surface area contributed by atoms with Crippen molar-refractivity contribution in [2.75, 3.05) is 11.6 Å². The summed E-state index contributed by atoms with van der Waals surface area (Å²) >= 11 is 0. The van der Waals surface area contributed by atoms with Crippen molar-refractivity contribution in [2.24, 2.45) is 5.41 Å². The minimum atomic E-state index is -4.90. The molecule has 4 rings (SSSR count). The Balaban J connectivity index is 1.78. The number of aromatic nitrogens is 3. The standard InChI is InChI=1S/C21H24F5N5O2S/c1-18(9-20(22,23)10-18)11-31-15(14(21(24,25)26)16(30-31)19(2)5-6-19)17(32)29-12-4-7-28-13(8-12)34(3,27)33/h4,7-8,27H,5-6,9-11H2,1-3H3,(H,28,29,32). The third kappa shape index (κ3) is 4.66. The van der Waals surface area contributed by atoms with Gasteiger partial charge in [0.2, 0.25) is 5.92 Å². The predicted molar refractivity (Wildman–Crippen MR) is 113 cm³/mol. The van der Waals surface area contributed by atoms with Crippen LogP contribution in [-0.4, -0.2) is 37.1 Å². The third-order valence-electron chi connectivity index (χ3n) is 6.32. The summed E-state index contributed by atoms with van der Waals surface area (Å²) in [5.41, 5.74) is -4.06. The SMILES string of the molecule is CC1(Cn2nc(C3(C)CC3)c(C(F)(F)F)c2C(=O)Nc2ccnc(S(C)(=N)=O)c2)CC(F)(F)C1. The smallest absolute Gasteiger partial charge is 0.320 e. The molecule has 0 radical (unpaired) electrons. The first-order chi connectivity index (χ1) is 15.4. The van der Waals surface area contributed by atoms with E-state index in [0.29, 0.717) is 12.8 Å². The van der Waals surface area contributed by atoms with Crippen molar-refractivity contribution in [1.82, 2.24) is 14.8 Å². The molecule has 0 aromatic carbocycles. The van der Waals surface area contributed by atoms with Crippen molar-refractivity contribution in [3.63, 3.8) is 0 Å². The van der Waals surface area contributed by atoms with Gasteiger partial charge in [-0.1, -0.05) is 13.8 Å². The lowest BCUT2D eigenvalue weighted by Crippen LogP contribution is -2.47. The maximum absolute atomic E-state index is 14.2. The molecule has 2 aromatic rings. The topological polar surface area (TPSA) is 101 Å². The van der Waals surface area contributed by atoms with Gasteiger partial charge >= 0.3 is 6.18 Å². The van der Waals surface area contributed by atoms with Crippen LogP contribution in [0.1, 0.15) is 61.3 Å². The Morgan fingerprint density at radius 1 is 1.26 bits per heavy atom. The van der Waals surface area contributed by atoms with Gasteiger partial charge in [0.1, 0.15) is 16.3 Å². The fourth-order valence-electron chi connectivity index (χ4n) is 4.48. The zero-order valence-corrected chi connectivity index (χ0v) is 19.5. The van der Waals surface area contributed by atoms with Gasteiger partial charge < -0.3 is 5.32 Å². The summed E-state index contributed by atoms with van der Waals surface area (Å²) in [4.78, 5) is 17.0. The van der Waals surface area contributed by atoms with Gasteiger partial charge in [-0.05, 0) is 30.4 Å². The summed E-state index contributed by atoms with van der Waals surface area (Å²) in [7, 11) is -3.23. The second-order valence-electron chi connectivity index (χ2n) is 9.99. The van der Waals surface area contributed by atoms with Gasteiger partial charge in [-0.25, -0.2) is 22.8 Å². The predicted octanol–water partition coefficient (Wildman–Crippen LogP) is 5.07. The number of halogens is 5. The first-order valence-electron chi connectivity index (χ1n) is 10.5. The van der Waals surface area contributed by atoms with Crippen LogP contribution in [0.5, 0.6) is 0 Å². The number of anilines is 1. The summed E-state index contributed by atoms with van der Waals surface area (Å²) in [6, 6.07) is 2.44. The van der Waals surface area contributed by atoms with Crippen LogP contribution in [0.2, 0.25) is 0 Å². The molecule has 1 unspecified atom stereocenters. The molecule has 0 spiro atoms. The molecule has 2 fully saturated rings. The normalized spacial score (nSPS) is 21.9. The quantitative estimate of drug-likeness (QED) is 0.535. The Labute approximate surface area is 193 Å². The molecule has 2 aliphatic rings. The van der Waals surface area contributed by atoms with E-state index in [1.165, 1.54) is 19.2 Å². The van der Waals surface area contributed by atoms with Crippen LogP contribution in [0.15, 0.2) is 23.4 Å². The number of hydrogen-bond acceptors (Lipinski definition) is 5. The lowest BCUT2D eigenvalue weighted by atomic mass is 9.67. The Hall–Kier alpha value is -2.57. The van der Waals surface area contributed by atoms with E-state index in [-0.39, 0.29) is 23.0 Å². The van der Waals surface area contributed by atoms with Crippen LogP contribution >= 0.6 is 0 Å². The van der Waals surface area contributed by atoms with Gasteiger partial charge in [0.05, 0.1) is 15.4 Å². The first kappa shape index (κ1) is 24.6. The van der Waals surface area contributed by atoms with Crippen molar-refractivity contribution in [3.8, 4) is 0 Å². The molecule has 2 aromatic heterocycles. The monoisotopic (exact) mass is 505 g/mol. The largest absolute Gasteiger partial charge is 0.420 e. The highest BCUT2D eigenvalue weighted by atomic mass is 32.2. The number of pyridine rings is 1. The Morgan fingerprint density at radius 2 is 1.88 bits per heavy atom. The Bertz CT molecular complexity index is 1260. The van der Waals surface area contributed by atoms with Crippen molar-refractivity contribution in [1.29, 1.82) is 4.78 Å². The molecular weight excluding hydrogens is 481 g/mol. The van der Waals surface area contributed by atoms with E-state index < -0.39 is 62.7 Å². The minimum Gasteiger partial charge on any atom is -0.320 e. The van der Waals surface area contributed by atoms with E-state index in [1.807, 2.05) is 0 Å². The molecule has 186 valence electrons. The van der Waals surface area contributed by atoms with Gasteiger partial charge in [0, 0.05) is 42.9 Å². The highest BCUT2D eigenvalue weighted by molar-refractivity contribution is 7.91. The molecule has 2 aliphatic carbocycles. The molecule has 13 heteroatoms. The highest BCUT2D eigenvalue weighted by Crippen LogP contribution is 2.54. The van der Waals surface area contributed by atoms with E-state index in [4.69, 9.17) is 4.78 Å². The number of carbonyl (C=O) groups excluding carboxylic acids is 1. The van der Waals surface area contributed by atoms with E-state index >= 15 is 0 Å². The number of alkyl halides is 5. The average Bonchev–Trinajstić information content (AvgIpc) is 3.26. The van der Waals surface area contributed by atoms with Gasteiger partial charge in [0.25, 0.3) is 5.91 Å². The molecule has 2 N–H and O–H groups in total. The second-order valence-corrected chi connectivity index (χ2v) is 12.1. The van der Waals surface area contributed by atoms with Gasteiger partial charge in [-0.2, -0.15) is 18.3 Å². The number of nitrogens with one attached hydrogen (secondary N) is 2. The summed E-state index contributed by atoms with van der Waals surface area (Å²) in [6.45, 7) is 2.87. The fourth-order valence-corrected chi connectivity index (χ4v) is 5.10. The zero-order valence-electron chi connectivity index (χ0n) is 18.7. The van der Waals surface area contributed by atoms with Crippen LogP contribution in [0.4, 0.5) is 27.6 Å². The fraction of sp³-hybridized carbons (Fsp3) is 0.571. The molecule has 0 aliphatic heterocycles. The number of hydrogen-bond donors (Lipinski definition) is 2. The molecule has 34 heavy (non-hydrogen) atoms. The van der Waals surface area contributed by atoms with Crippen LogP contribution in [0.25, 0.3) is 0 Å². The maximum atomic E-state index is 14.2. The van der Waals surface area contributed by atoms with Crippen LogP contribution < -0.4 is 5.32 Å². The Morgan fingerprint density at radius 3 is 2.38 bits per heavy atom. The van der Waals surface area contributed by atoms with E-state index in [0.717, 1.165) is 17.0 Å². The molecule has 0 saturated heterocycles. The van der Waals surface area contributed by atoms with Crippen LogP contribution in [0, 0.1) is 10.2 Å². The molecule has 1 atom stereocenters. The highest BCUT2D eigenvalue weighted by Gasteiger charge is 2.56. The summed E-state index contributed by atoms with van der Waals surface area (Å²) < 4.78 is 90.3. The van der Waals surface area contributed by atoms with Gasteiger partial charge in [0.15, 0.2) is 0 Å². The van der Waals surface area contributed by atoms with Gasteiger partial charge in [-0.3, -0.25) is 9.48 Å². The number of nitrogens with zero attached hydrogens (tertiary/aromatic N) is 3. The number of rotatable bonds is 6. The van der Waals surface area contributed by atoms with Crippen LogP contribution in [0.3, 0.4) is 0 Å². The second kappa shape index (κ2) is 7.46. The molecular formula is C21H24F5N5O2S. The zero-order chi connectivity index (χ0) is 25.3. The maximum Gasteiger partial charge on any atom is 0.420 e. The first-order valence-corrected chi connectivity index (χ1v) is 12.5. The lowest BCUT2D eigenvalue weighted by Gasteiger charge is -2.44. The third-order valence-corrected chi connectivity index (χ3v) is 7.34. The van der Waals surface area contributed by atoms with Crippen molar-refractivity contribution in [3.05, 3.63) is 35.3 Å². The van der Waals surface area contributed by atoms with Crippen molar-refractivity contribution < 1.29 is 31.0 Å². The van der Waals surface area contributed by atoms with Crippen molar-refractivity contribution in [2.45, 2.75) is 68.6 Å². The summed E-state index contributed by atoms with van der Waals surface area (Å²) in [6.07, 6.45) is -2.71. The summed E-state index contributed by atoms with van der Waals surface area (Å²) in [5.74, 6) is -4.03. The van der Waals surface area contributed by atoms with Crippen molar-refractivity contribution >= 4 is 21.3 Å². The molecule has 7 nitrogen and oxygen atoms in total. The molecule has 1 amide bonds. The lowest BCUT2D eigenvalue weighted by molar-refractivity contribution is -0.160. The molecule has 2 saturated carbocycles. The summed E-state index contributed by atoms with van der Waals surface area (Å²) in [5, 5.41) is 6.35. The van der Waals surface area contributed by atoms with Crippen LogP contribution in [-0.2, 0) is 27.9 Å². The average molecular weight is 506 g/mol. The number of amides is 1. The number of carbonyl (C=O) groups is 1. The molecule has 2 heterocycles. The van der Waals surface area contributed by atoms with E-state index in [2.05, 4.69) is 15.4 Å². The molecule has 0 bridgehead atoms. The van der Waals surface area contributed by atoms with Gasteiger partial charge in [-0.15, -0.1) is 0 Å². The van der Waals surface area contributed by atoms with E-state index in [1.54, 1.807) is 6.92 Å². The van der Waals surface area contributed by atoms with E-state index in [9.17, 15) is 31.0 Å². The Kier molecular flexibility index (Phi) is 5.39.